The summed E-state index contributed by atoms with van der Waals surface area (Å²) >= 11 is 0. The van der Waals surface area contributed by atoms with Gasteiger partial charge in [-0.3, -0.25) is 4.79 Å². The number of nitrogens with one attached hydrogen (secondary N) is 1. The van der Waals surface area contributed by atoms with Crippen LogP contribution in [-0.2, 0) is 6.54 Å². The van der Waals surface area contributed by atoms with Gasteiger partial charge in [0.1, 0.15) is 22.9 Å². The summed E-state index contributed by atoms with van der Waals surface area (Å²) in [6.07, 6.45) is 4.69. The summed E-state index contributed by atoms with van der Waals surface area (Å²) < 4.78 is 19.2. The molecule has 28 heavy (non-hydrogen) atoms. The van der Waals surface area contributed by atoms with Crippen molar-refractivity contribution in [3.8, 4) is 16.9 Å². The fraction of sp³-hybridized carbons (Fsp3) is 0.318. The van der Waals surface area contributed by atoms with Crippen LogP contribution in [0, 0.1) is 12.7 Å². The molecule has 1 saturated carbocycles. The number of aryl methyl sites for hydroxylation is 1. The Kier molecular flexibility index (Phi) is 6.06. The minimum absolute atomic E-state index is 0. The van der Waals surface area contributed by atoms with E-state index in [2.05, 4.69) is 5.32 Å². The predicted octanol–water partition coefficient (Wildman–Crippen LogP) is 5.07. The van der Waals surface area contributed by atoms with E-state index in [0.717, 1.165) is 12.8 Å². The fourth-order valence-electron chi connectivity index (χ4n) is 3.91. The Hall–Kier alpha value is -2.37. The van der Waals surface area contributed by atoms with E-state index in [-0.39, 0.29) is 29.4 Å². The highest BCUT2D eigenvalue weighted by atomic mass is 35.5. The summed E-state index contributed by atoms with van der Waals surface area (Å²) in [7, 11) is 0. The summed E-state index contributed by atoms with van der Waals surface area (Å²) in [6, 6.07) is 9.35. The summed E-state index contributed by atoms with van der Waals surface area (Å²) in [4.78, 5) is 13.1. The zero-order chi connectivity index (χ0) is 19.0. The maximum Gasteiger partial charge on any atom is 0.200 e. The van der Waals surface area contributed by atoms with E-state index >= 15 is 0 Å². The van der Waals surface area contributed by atoms with Gasteiger partial charge in [-0.05, 0) is 49.6 Å². The van der Waals surface area contributed by atoms with Gasteiger partial charge in [-0.15, -0.1) is 12.4 Å². The zero-order valence-corrected chi connectivity index (χ0v) is 16.4. The number of aromatic hydroxyl groups is 1. The maximum atomic E-state index is 13.2. The predicted molar refractivity (Wildman–Crippen MR) is 111 cm³/mol. The number of fused-ring (bicyclic) bond motifs is 1. The van der Waals surface area contributed by atoms with E-state index in [4.69, 9.17) is 4.42 Å². The summed E-state index contributed by atoms with van der Waals surface area (Å²) in [5.74, 6) is 0.212. The van der Waals surface area contributed by atoms with Gasteiger partial charge >= 0.3 is 0 Å². The highest BCUT2D eigenvalue weighted by Gasteiger charge is 2.20. The molecule has 1 heterocycles. The smallest absolute Gasteiger partial charge is 0.200 e. The van der Waals surface area contributed by atoms with E-state index in [1.165, 1.54) is 31.0 Å². The van der Waals surface area contributed by atoms with Crippen LogP contribution in [0.2, 0.25) is 0 Å². The largest absolute Gasteiger partial charge is 0.507 e. The Bertz CT molecular complexity index is 1040. The average Bonchev–Trinajstić information content (AvgIpc) is 3.16. The molecule has 3 aromatic rings. The van der Waals surface area contributed by atoms with Crippen molar-refractivity contribution in [1.82, 2.24) is 5.32 Å². The van der Waals surface area contributed by atoms with Crippen molar-refractivity contribution in [3.63, 3.8) is 0 Å². The Morgan fingerprint density at radius 1 is 1.14 bits per heavy atom. The molecule has 0 atom stereocenters. The number of hydrogen-bond acceptors (Lipinski definition) is 4. The fourth-order valence-corrected chi connectivity index (χ4v) is 3.91. The standard InChI is InChI=1S/C22H22FNO3.ClH/c1-13-20(14-6-8-15(23)9-7-14)21(26)17-10-11-19(25)18(22(17)27-13)12-24-16-4-2-3-5-16;/h6-11,16,24-25H,2-5,12H2,1H3;1H. The lowest BCUT2D eigenvalue weighted by atomic mass is 10.0. The molecule has 0 aliphatic heterocycles. The quantitative estimate of drug-likeness (QED) is 0.638. The number of rotatable bonds is 4. The second kappa shape index (κ2) is 8.33. The van der Waals surface area contributed by atoms with Crippen molar-refractivity contribution in [1.29, 1.82) is 0 Å². The lowest BCUT2D eigenvalue weighted by Gasteiger charge is -2.15. The molecule has 1 fully saturated rings. The van der Waals surface area contributed by atoms with Gasteiger partial charge in [-0.1, -0.05) is 25.0 Å². The molecule has 0 spiro atoms. The third kappa shape index (κ3) is 3.77. The highest BCUT2D eigenvalue weighted by Crippen LogP contribution is 2.30. The third-order valence-electron chi connectivity index (χ3n) is 5.37. The second-order valence-electron chi connectivity index (χ2n) is 7.17. The molecule has 0 saturated heterocycles. The molecule has 1 aliphatic carbocycles. The van der Waals surface area contributed by atoms with Crippen LogP contribution in [0.4, 0.5) is 4.39 Å². The van der Waals surface area contributed by atoms with E-state index in [0.29, 0.717) is 46.0 Å². The monoisotopic (exact) mass is 403 g/mol. The first-order chi connectivity index (χ1) is 13.0. The molecular formula is C22H23ClFNO3. The number of hydrogen-bond donors (Lipinski definition) is 2. The zero-order valence-electron chi connectivity index (χ0n) is 15.6. The molecule has 2 aromatic carbocycles. The van der Waals surface area contributed by atoms with Crippen molar-refractivity contribution >= 4 is 23.4 Å². The SMILES string of the molecule is Cc1oc2c(CNC3CCCC3)c(O)ccc2c(=O)c1-c1ccc(F)cc1.Cl. The molecule has 4 nitrogen and oxygen atoms in total. The van der Waals surface area contributed by atoms with Crippen molar-refractivity contribution in [2.75, 3.05) is 0 Å². The van der Waals surface area contributed by atoms with E-state index in [1.54, 1.807) is 25.1 Å². The average molecular weight is 404 g/mol. The van der Waals surface area contributed by atoms with Gasteiger partial charge in [-0.25, -0.2) is 4.39 Å². The first-order valence-electron chi connectivity index (χ1n) is 9.32. The van der Waals surface area contributed by atoms with Gasteiger partial charge in [-0.2, -0.15) is 0 Å². The summed E-state index contributed by atoms with van der Waals surface area (Å²) in [5.41, 5.74) is 1.87. The van der Waals surface area contributed by atoms with Crippen LogP contribution in [0.15, 0.2) is 45.6 Å². The summed E-state index contributed by atoms with van der Waals surface area (Å²) in [6.45, 7) is 2.17. The van der Waals surface area contributed by atoms with Crippen LogP contribution in [-0.4, -0.2) is 11.1 Å². The van der Waals surface area contributed by atoms with Gasteiger partial charge in [0.25, 0.3) is 0 Å². The van der Waals surface area contributed by atoms with Gasteiger partial charge in [0.15, 0.2) is 0 Å². The minimum atomic E-state index is -0.355. The van der Waals surface area contributed by atoms with Crippen molar-refractivity contribution in [2.45, 2.75) is 45.2 Å². The van der Waals surface area contributed by atoms with Crippen molar-refractivity contribution in [2.24, 2.45) is 0 Å². The van der Waals surface area contributed by atoms with Crippen LogP contribution in [0.1, 0.15) is 37.0 Å². The Balaban J connectivity index is 0.00000225. The van der Waals surface area contributed by atoms with Gasteiger partial charge < -0.3 is 14.8 Å². The number of phenols is 1. The molecule has 0 unspecified atom stereocenters. The maximum absolute atomic E-state index is 13.2. The normalized spacial score (nSPS) is 14.4. The van der Waals surface area contributed by atoms with Gasteiger partial charge in [0.2, 0.25) is 5.43 Å². The van der Waals surface area contributed by atoms with Crippen LogP contribution < -0.4 is 10.7 Å². The first kappa shape index (κ1) is 20.4. The van der Waals surface area contributed by atoms with Crippen LogP contribution in [0.25, 0.3) is 22.1 Å². The van der Waals surface area contributed by atoms with E-state index in [1.807, 2.05) is 0 Å². The third-order valence-corrected chi connectivity index (χ3v) is 5.37. The molecule has 2 N–H and O–H groups in total. The van der Waals surface area contributed by atoms with Gasteiger partial charge in [0.05, 0.1) is 16.5 Å². The molecular weight excluding hydrogens is 381 g/mol. The lowest BCUT2D eigenvalue weighted by molar-refractivity contribution is 0.452. The van der Waals surface area contributed by atoms with Crippen LogP contribution in [0.5, 0.6) is 5.75 Å². The molecule has 148 valence electrons. The molecule has 6 heteroatoms. The Labute approximate surface area is 168 Å². The number of phenolic OH excluding ortho intramolecular Hbond substituents is 1. The molecule has 1 aliphatic rings. The molecule has 0 radical (unpaired) electrons. The van der Waals surface area contributed by atoms with E-state index < -0.39 is 0 Å². The van der Waals surface area contributed by atoms with Crippen LogP contribution >= 0.6 is 12.4 Å². The number of halogens is 2. The Morgan fingerprint density at radius 3 is 2.50 bits per heavy atom. The lowest BCUT2D eigenvalue weighted by Crippen LogP contribution is -2.25. The number of benzene rings is 2. The van der Waals surface area contributed by atoms with Gasteiger partial charge in [0, 0.05) is 12.6 Å². The molecule has 1 aromatic heterocycles. The summed E-state index contributed by atoms with van der Waals surface area (Å²) in [5, 5.41) is 14.2. The second-order valence-corrected chi connectivity index (χ2v) is 7.17. The molecule has 0 amide bonds. The van der Waals surface area contributed by atoms with E-state index in [9.17, 15) is 14.3 Å². The first-order valence-corrected chi connectivity index (χ1v) is 9.32. The highest BCUT2D eigenvalue weighted by molar-refractivity contribution is 5.86. The van der Waals surface area contributed by atoms with Crippen LogP contribution in [0.3, 0.4) is 0 Å². The van der Waals surface area contributed by atoms with Crippen molar-refractivity contribution in [3.05, 3.63) is 63.8 Å². The Morgan fingerprint density at radius 2 is 1.82 bits per heavy atom. The molecule has 0 bridgehead atoms. The molecule has 4 rings (SSSR count). The minimum Gasteiger partial charge on any atom is -0.507 e. The topological polar surface area (TPSA) is 62.5 Å². The van der Waals surface area contributed by atoms with Crippen molar-refractivity contribution < 1.29 is 13.9 Å².